The van der Waals surface area contributed by atoms with Gasteiger partial charge in [0.1, 0.15) is 18.2 Å². The third-order valence-electron chi connectivity index (χ3n) is 3.71. The van der Waals surface area contributed by atoms with E-state index >= 15 is 0 Å². The van der Waals surface area contributed by atoms with Crippen LogP contribution in [0, 0.1) is 0 Å². The third kappa shape index (κ3) is 4.99. The van der Waals surface area contributed by atoms with Gasteiger partial charge in [-0.25, -0.2) is 17.7 Å². The second kappa shape index (κ2) is 8.56. The Balaban J connectivity index is 1.85. The van der Waals surface area contributed by atoms with Gasteiger partial charge in [0, 0.05) is 33.0 Å². The van der Waals surface area contributed by atoms with Crippen molar-refractivity contribution < 1.29 is 21.9 Å². The van der Waals surface area contributed by atoms with E-state index in [0.29, 0.717) is 18.9 Å². The molecule has 0 aliphatic carbocycles. The van der Waals surface area contributed by atoms with E-state index in [-0.39, 0.29) is 17.3 Å². The SMILES string of the molecule is CN(CCOc1ccc(S(=O)(=O)N(C)C)cc1)Cc1nccn1C(F)F. The van der Waals surface area contributed by atoms with E-state index in [9.17, 15) is 17.2 Å². The minimum absolute atomic E-state index is 0.186. The fourth-order valence-electron chi connectivity index (χ4n) is 2.20. The number of alkyl halides is 2. The number of hydrogen-bond acceptors (Lipinski definition) is 5. The minimum atomic E-state index is -3.47. The maximum absolute atomic E-state index is 12.8. The van der Waals surface area contributed by atoms with Crippen LogP contribution < -0.4 is 4.74 Å². The Morgan fingerprint density at radius 3 is 2.42 bits per heavy atom. The smallest absolute Gasteiger partial charge is 0.319 e. The molecule has 2 aromatic rings. The van der Waals surface area contributed by atoms with E-state index in [0.717, 1.165) is 8.87 Å². The van der Waals surface area contributed by atoms with E-state index < -0.39 is 16.6 Å². The predicted molar refractivity (Wildman–Crippen MR) is 92.6 cm³/mol. The van der Waals surface area contributed by atoms with Gasteiger partial charge in [-0.15, -0.1) is 0 Å². The summed E-state index contributed by atoms with van der Waals surface area (Å²) in [4.78, 5) is 5.93. The molecule has 0 aliphatic rings. The van der Waals surface area contributed by atoms with Crippen LogP contribution in [0.1, 0.15) is 12.4 Å². The van der Waals surface area contributed by atoms with Crippen LogP contribution >= 0.6 is 0 Å². The lowest BCUT2D eigenvalue weighted by atomic mass is 10.3. The van der Waals surface area contributed by atoms with Crippen molar-refractivity contribution in [1.29, 1.82) is 0 Å². The molecule has 0 amide bonds. The first-order valence-corrected chi connectivity index (χ1v) is 9.29. The molecule has 144 valence electrons. The summed E-state index contributed by atoms with van der Waals surface area (Å²) in [5.74, 6) is 0.811. The molecule has 0 radical (unpaired) electrons. The van der Waals surface area contributed by atoms with Gasteiger partial charge in [0.05, 0.1) is 11.4 Å². The summed E-state index contributed by atoms with van der Waals surface area (Å²) >= 11 is 0. The van der Waals surface area contributed by atoms with Crippen LogP contribution in [0.3, 0.4) is 0 Å². The Hall–Kier alpha value is -2.04. The van der Waals surface area contributed by atoms with Gasteiger partial charge < -0.3 is 4.74 Å². The predicted octanol–water partition coefficient (Wildman–Crippen LogP) is 2.04. The molecule has 0 saturated heterocycles. The van der Waals surface area contributed by atoms with Crippen LogP contribution in [0.2, 0.25) is 0 Å². The molecule has 0 bridgehead atoms. The zero-order valence-electron chi connectivity index (χ0n) is 14.8. The number of aromatic nitrogens is 2. The highest BCUT2D eigenvalue weighted by Crippen LogP contribution is 2.18. The molecule has 1 aromatic carbocycles. The average Bonchev–Trinajstić information content (AvgIpc) is 3.03. The van der Waals surface area contributed by atoms with E-state index in [1.807, 2.05) is 4.90 Å². The van der Waals surface area contributed by atoms with Crippen molar-refractivity contribution in [3.05, 3.63) is 42.5 Å². The highest BCUT2D eigenvalue weighted by Gasteiger charge is 2.17. The number of ether oxygens (including phenoxy) is 1. The van der Waals surface area contributed by atoms with Gasteiger partial charge in [-0.05, 0) is 31.3 Å². The maximum atomic E-state index is 12.8. The molecule has 0 fully saturated rings. The summed E-state index contributed by atoms with van der Waals surface area (Å²) in [7, 11) is 1.24. The van der Waals surface area contributed by atoms with E-state index in [2.05, 4.69) is 4.98 Å². The highest BCUT2D eigenvalue weighted by atomic mass is 32.2. The Bertz CT molecular complexity index is 807. The molecule has 0 spiro atoms. The first-order valence-electron chi connectivity index (χ1n) is 7.85. The minimum Gasteiger partial charge on any atom is -0.492 e. The summed E-state index contributed by atoms with van der Waals surface area (Å²) in [5.41, 5.74) is 0. The lowest BCUT2D eigenvalue weighted by molar-refractivity contribution is 0.0643. The molecule has 2 rings (SSSR count). The number of hydrogen-bond donors (Lipinski definition) is 0. The third-order valence-corrected chi connectivity index (χ3v) is 5.54. The summed E-state index contributed by atoms with van der Waals surface area (Å²) in [5, 5.41) is 0. The van der Waals surface area contributed by atoms with Crippen LogP contribution in [0.15, 0.2) is 41.6 Å². The maximum Gasteiger partial charge on any atom is 0.319 e. The topological polar surface area (TPSA) is 67.7 Å². The summed E-state index contributed by atoms with van der Waals surface area (Å²) < 4.78 is 57.1. The molecule has 0 saturated carbocycles. The van der Waals surface area contributed by atoms with Crippen molar-refractivity contribution in [2.24, 2.45) is 0 Å². The molecule has 10 heteroatoms. The fraction of sp³-hybridized carbons (Fsp3) is 0.438. The summed E-state index contributed by atoms with van der Waals surface area (Å²) in [6, 6.07) is 6.13. The Morgan fingerprint density at radius 1 is 1.19 bits per heavy atom. The number of halogens is 2. The number of imidazole rings is 1. The first kappa shape index (κ1) is 20.3. The Labute approximate surface area is 151 Å². The van der Waals surface area contributed by atoms with Crippen molar-refractivity contribution in [3.63, 3.8) is 0 Å². The highest BCUT2D eigenvalue weighted by molar-refractivity contribution is 7.89. The second-order valence-corrected chi connectivity index (χ2v) is 8.03. The molecule has 1 aromatic heterocycles. The number of nitrogens with zero attached hydrogens (tertiary/aromatic N) is 4. The summed E-state index contributed by atoms with van der Waals surface area (Å²) in [6.45, 7) is -1.53. The molecule has 7 nitrogen and oxygen atoms in total. The monoisotopic (exact) mass is 388 g/mol. The van der Waals surface area contributed by atoms with Gasteiger partial charge >= 0.3 is 6.55 Å². The molecular formula is C16H22F2N4O3S. The van der Waals surface area contributed by atoms with Crippen LogP contribution in [0.5, 0.6) is 5.75 Å². The largest absolute Gasteiger partial charge is 0.492 e. The van der Waals surface area contributed by atoms with Crippen LogP contribution in [0.4, 0.5) is 8.78 Å². The lowest BCUT2D eigenvalue weighted by Crippen LogP contribution is -2.25. The standard InChI is InChI=1S/C16H22F2N4O3S/c1-20(2)26(23,24)14-6-4-13(5-7-14)25-11-10-21(3)12-15-19-8-9-22(15)16(17)18/h4-9,16H,10-12H2,1-3H3. The van der Waals surface area contributed by atoms with Gasteiger partial charge in [0.15, 0.2) is 0 Å². The number of benzene rings is 1. The molecule has 0 atom stereocenters. The van der Waals surface area contributed by atoms with Gasteiger partial charge in [0.25, 0.3) is 0 Å². The van der Waals surface area contributed by atoms with E-state index in [1.54, 1.807) is 19.2 Å². The molecule has 26 heavy (non-hydrogen) atoms. The van der Waals surface area contributed by atoms with Gasteiger partial charge in [-0.3, -0.25) is 9.47 Å². The second-order valence-electron chi connectivity index (χ2n) is 5.87. The Morgan fingerprint density at radius 2 is 1.85 bits per heavy atom. The van der Waals surface area contributed by atoms with Crippen molar-refractivity contribution in [2.45, 2.75) is 18.0 Å². The number of likely N-dealkylation sites (N-methyl/N-ethyl adjacent to an activating group) is 1. The molecule has 0 aliphatic heterocycles. The van der Waals surface area contributed by atoms with Crippen LogP contribution in [0.25, 0.3) is 0 Å². The summed E-state index contributed by atoms with van der Waals surface area (Å²) in [6.07, 6.45) is 2.59. The van der Waals surface area contributed by atoms with Crippen LogP contribution in [-0.4, -0.2) is 61.5 Å². The quantitative estimate of drug-likeness (QED) is 0.658. The van der Waals surface area contributed by atoms with Crippen molar-refractivity contribution in [3.8, 4) is 5.75 Å². The Kier molecular flexibility index (Phi) is 6.68. The molecule has 0 unspecified atom stereocenters. The zero-order chi connectivity index (χ0) is 19.3. The zero-order valence-corrected chi connectivity index (χ0v) is 15.7. The number of rotatable bonds is 9. The van der Waals surface area contributed by atoms with Crippen molar-refractivity contribution >= 4 is 10.0 Å². The van der Waals surface area contributed by atoms with Gasteiger partial charge in [0.2, 0.25) is 10.0 Å². The number of sulfonamides is 1. The molecular weight excluding hydrogens is 366 g/mol. The first-order chi connectivity index (χ1) is 12.2. The normalized spacial score (nSPS) is 12.3. The van der Waals surface area contributed by atoms with Crippen LogP contribution in [-0.2, 0) is 16.6 Å². The van der Waals surface area contributed by atoms with Crippen molar-refractivity contribution in [2.75, 3.05) is 34.3 Å². The van der Waals surface area contributed by atoms with E-state index in [4.69, 9.17) is 4.74 Å². The fourth-order valence-corrected chi connectivity index (χ4v) is 3.10. The van der Waals surface area contributed by atoms with Crippen molar-refractivity contribution in [1.82, 2.24) is 18.8 Å². The van der Waals surface area contributed by atoms with Gasteiger partial charge in [-0.2, -0.15) is 8.78 Å². The molecule has 1 heterocycles. The van der Waals surface area contributed by atoms with Gasteiger partial charge in [-0.1, -0.05) is 0 Å². The van der Waals surface area contributed by atoms with E-state index in [1.165, 1.54) is 38.6 Å². The molecule has 0 N–H and O–H groups in total. The average molecular weight is 388 g/mol. The lowest BCUT2D eigenvalue weighted by Gasteiger charge is -2.17.